The summed E-state index contributed by atoms with van der Waals surface area (Å²) in [6, 6.07) is 59.5. The molecule has 0 heterocycles. The molecule has 8 rings (SSSR count). The van der Waals surface area contributed by atoms with Gasteiger partial charge >= 0.3 is 0 Å². The molecule has 0 saturated heterocycles. The van der Waals surface area contributed by atoms with Crippen LogP contribution in [0.3, 0.4) is 0 Å². The Hall–Kier alpha value is -5.40. The summed E-state index contributed by atoms with van der Waals surface area (Å²) in [7, 11) is 0. The molecule has 0 aromatic heterocycles. The van der Waals surface area contributed by atoms with Gasteiger partial charge in [-0.2, -0.15) is 0 Å². The molecule has 0 radical (unpaired) electrons. The van der Waals surface area contributed by atoms with Gasteiger partial charge in [0.25, 0.3) is 0 Å². The topological polar surface area (TPSA) is 3.24 Å². The maximum Gasteiger partial charge on any atom is 0.0543 e. The fraction of sp³-hybridized carbons (Fsp3) is 0.0698. The summed E-state index contributed by atoms with van der Waals surface area (Å²) >= 11 is 0. The molecule has 0 saturated carbocycles. The molecule has 0 fully saturated rings. The minimum absolute atomic E-state index is 0.0965. The Kier molecular flexibility index (Phi) is 6.20. The summed E-state index contributed by atoms with van der Waals surface area (Å²) in [5.74, 6) is 0. The predicted molar refractivity (Wildman–Crippen MR) is 187 cm³/mol. The highest BCUT2D eigenvalue weighted by Crippen LogP contribution is 2.55. The molecule has 0 unspecified atom stereocenters. The lowest BCUT2D eigenvalue weighted by Gasteiger charge is -2.29. The molecule has 7 aromatic carbocycles. The average molecular weight is 564 g/mol. The Morgan fingerprint density at radius 3 is 1.66 bits per heavy atom. The molecular formula is C43H33N. The fourth-order valence-electron chi connectivity index (χ4n) is 6.96. The molecule has 1 nitrogen and oxygen atoms in total. The third-order valence-corrected chi connectivity index (χ3v) is 9.23. The van der Waals surface area contributed by atoms with Crippen LogP contribution in [0, 0.1) is 0 Å². The van der Waals surface area contributed by atoms with E-state index in [9.17, 15) is 0 Å². The van der Waals surface area contributed by atoms with Crippen LogP contribution in [0.5, 0.6) is 0 Å². The Morgan fingerprint density at radius 2 is 0.955 bits per heavy atom. The van der Waals surface area contributed by atoms with Crippen LogP contribution in [0.1, 0.15) is 25.0 Å². The van der Waals surface area contributed by atoms with Crippen molar-refractivity contribution in [1.82, 2.24) is 0 Å². The van der Waals surface area contributed by atoms with Crippen LogP contribution in [0.15, 0.2) is 164 Å². The molecule has 44 heavy (non-hydrogen) atoms. The second-order valence-electron chi connectivity index (χ2n) is 12.2. The van der Waals surface area contributed by atoms with Gasteiger partial charge in [-0.25, -0.2) is 0 Å². The summed E-state index contributed by atoms with van der Waals surface area (Å²) in [4.78, 5) is 2.42. The summed E-state index contributed by atoms with van der Waals surface area (Å²) < 4.78 is 0. The number of hydrogen-bond acceptors (Lipinski definition) is 1. The summed E-state index contributed by atoms with van der Waals surface area (Å²) in [5, 5.41) is 2.57. The van der Waals surface area contributed by atoms with E-state index in [4.69, 9.17) is 0 Å². The molecular weight excluding hydrogens is 530 g/mol. The first-order valence-corrected chi connectivity index (χ1v) is 15.4. The Balaban J connectivity index is 1.27. The molecule has 1 heteroatoms. The molecule has 0 atom stereocenters. The fourth-order valence-corrected chi connectivity index (χ4v) is 6.96. The first-order valence-electron chi connectivity index (χ1n) is 15.4. The Bertz CT molecular complexity index is 2120. The van der Waals surface area contributed by atoms with E-state index >= 15 is 0 Å². The summed E-state index contributed by atoms with van der Waals surface area (Å²) in [6.45, 7) is 4.73. The largest absolute Gasteiger partial charge is 0.310 e. The number of rotatable bonds is 5. The van der Waals surface area contributed by atoms with E-state index in [-0.39, 0.29) is 5.41 Å². The van der Waals surface area contributed by atoms with Crippen molar-refractivity contribution in [2.75, 3.05) is 4.90 Å². The third-order valence-electron chi connectivity index (χ3n) is 9.23. The standard InChI is InChI=1S/C43H33N/c1-43(2)39-21-12-22-41(42(39)38-28-34-15-9-10-16-35(34)29-40(38)43)44(36-19-7-4-8-20-36)37-25-23-31(24-26-37)33-18-11-17-32(27-33)30-13-5-3-6-14-30/h3-29H,1-2H3. The summed E-state index contributed by atoms with van der Waals surface area (Å²) in [6.07, 6.45) is 0. The minimum Gasteiger partial charge on any atom is -0.310 e. The van der Waals surface area contributed by atoms with Crippen molar-refractivity contribution in [2.24, 2.45) is 0 Å². The zero-order valence-corrected chi connectivity index (χ0v) is 25.0. The van der Waals surface area contributed by atoms with Gasteiger partial charge in [0.1, 0.15) is 0 Å². The molecule has 0 amide bonds. The van der Waals surface area contributed by atoms with Crippen LogP contribution in [-0.2, 0) is 5.41 Å². The average Bonchev–Trinajstić information content (AvgIpc) is 3.31. The number of benzene rings is 7. The van der Waals surface area contributed by atoms with Gasteiger partial charge in [0.05, 0.1) is 5.69 Å². The Morgan fingerprint density at radius 1 is 0.409 bits per heavy atom. The van der Waals surface area contributed by atoms with Crippen molar-refractivity contribution in [1.29, 1.82) is 0 Å². The first-order chi connectivity index (χ1) is 21.6. The highest BCUT2D eigenvalue weighted by atomic mass is 15.1. The quantitative estimate of drug-likeness (QED) is 0.201. The van der Waals surface area contributed by atoms with E-state index in [1.807, 2.05) is 0 Å². The lowest BCUT2D eigenvalue weighted by molar-refractivity contribution is 0.661. The smallest absolute Gasteiger partial charge is 0.0543 e. The SMILES string of the molecule is CC1(C)c2cc3ccccc3cc2-c2c(N(c3ccccc3)c3ccc(-c4cccc(-c5ccccc5)c4)cc3)cccc21. The van der Waals surface area contributed by atoms with E-state index in [1.165, 1.54) is 61.0 Å². The molecule has 0 spiro atoms. The monoisotopic (exact) mass is 563 g/mol. The van der Waals surface area contributed by atoms with Gasteiger partial charge in [-0.05, 0) is 98.2 Å². The number of para-hydroxylation sites is 1. The van der Waals surface area contributed by atoms with Crippen LogP contribution in [0.25, 0.3) is 44.2 Å². The van der Waals surface area contributed by atoms with Gasteiger partial charge < -0.3 is 4.90 Å². The predicted octanol–water partition coefficient (Wildman–Crippen LogP) is 11.9. The van der Waals surface area contributed by atoms with Crippen molar-refractivity contribution in [3.05, 3.63) is 175 Å². The lowest BCUT2D eigenvalue weighted by atomic mass is 9.82. The molecule has 1 aliphatic rings. The number of fused-ring (bicyclic) bond motifs is 4. The molecule has 7 aromatic rings. The zero-order valence-electron chi connectivity index (χ0n) is 25.0. The number of nitrogens with zero attached hydrogens (tertiary/aromatic N) is 1. The second kappa shape index (κ2) is 10.4. The second-order valence-corrected chi connectivity index (χ2v) is 12.2. The van der Waals surface area contributed by atoms with E-state index in [0.717, 1.165) is 11.4 Å². The molecule has 0 bridgehead atoms. The van der Waals surface area contributed by atoms with Gasteiger partial charge in [-0.1, -0.05) is 129 Å². The van der Waals surface area contributed by atoms with Crippen LogP contribution < -0.4 is 4.90 Å². The van der Waals surface area contributed by atoms with Gasteiger partial charge in [-0.15, -0.1) is 0 Å². The molecule has 1 aliphatic carbocycles. The van der Waals surface area contributed by atoms with Crippen LogP contribution in [0.2, 0.25) is 0 Å². The molecule has 0 N–H and O–H groups in total. The lowest BCUT2D eigenvalue weighted by Crippen LogP contribution is -2.16. The Labute approximate surface area is 259 Å². The highest BCUT2D eigenvalue weighted by molar-refractivity contribution is 5.99. The number of hydrogen-bond donors (Lipinski definition) is 0. The van der Waals surface area contributed by atoms with E-state index in [1.54, 1.807) is 0 Å². The van der Waals surface area contributed by atoms with Gasteiger partial charge in [0.15, 0.2) is 0 Å². The van der Waals surface area contributed by atoms with Gasteiger partial charge in [0.2, 0.25) is 0 Å². The first kappa shape index (κ1) is 26.2. The van der Waals surface area contributed by atoms with E-state index < -0.39 is 0 Å². The maximum absolute atomic E-state index is 2.42. The zero-order chi connectivity index (χ0) is 29.7. The van der Waals surface area contributed by atoms with Crippen molar-refractivity contribution in [2.45, 2.75) is 19.3 Å². The van der Waals surface area contributed by atoms with E-state index in [0.29, 0.717) is 0 Å². The van der Waals surface area contributed by atoms with Crippen molar-refractivity contribution in [3.63, 3.8) is 0 Å². The molecule has 0 aliphatic heterocycles. The highest BCUT2D eigenvalue weighted by Gasteiger charge is 2.38. The van der Waals surface area contributed by atoms with Crippen molar-refractivity contribution in [3.8, 4) is 33.4 Å². The number of anilines is 3. The van der Waals surface area contributed by atoms with Gasteiger partial charge in [0, 0.05) is 22.4 Å². The molecule has 210 valence electrons. The van der Waals surface area contributed by atoms with Crippen LogP contribution in [0.4, 0.5) is 17.1 Å². The van der Waals surface area contributed by atoms with E-state index in [2.05, 4.69) is 183 Å². The summed E-state index contributed by atoms with van der Waals surface area (Å²) in [5.41, 5.74) is 13.7. The van der Waals surface area contributed by atoms with Crippen LogP contribution >= 0.6 is 0 Å². The van der Waals surface area contributed by atoms with Crippen molar-refractivity contribution < 1.29 is 0 Å². The van der Waals surface area contributed by atoms with Gasteiger partial charge in [-0.3, -0.25) is 0 Å². The minimum atomic E-state index is -0.0965. The van der Waals surface area contributed by atoms with Crippen molar-refractivity contribution >= 4 is 27.8 Å². The van der Waals surface area contributed by atoms with Crippen LogP contribution in [-0.4, -0.2) is 0 Å². The maximum atomic E-state index is 2.42. The normalized spacial score (nSPS) is 13.0. The third kappa shape index (κ3) is 4.32.